The summed E-state index contributed by atoms with van der Waals surface area (Å²) in [4.78, 5) is 16.7. The van der Waals surface area contributed by atoms with E-state index in [4.69, 9.17) is 4.74 Å². The van der Waals surface area contributed by atoms with Gasteiger partial charge in [0.15, 0.2) is 0 Å². The third kappa shape index (κ3) is 2.91. The van der Waals surface area contributed by atoms with Gasteiger partial charge in [-0.15, -0.1) is 0 Å². The monoisotopic (exact) mass is 292 g/mol. The molecule has 0 fully saturated rings. The molecule has 1 heterocycles. The Bertz CT molecular complexity index is 733. The molecule has 1 amide bonds. The van der Waals surface area contributed by atoms with E-state index in [1.54, 1.807) is 18.2 Å². The maximum absolute atomic E-state index is 12.4. The van der Waals surface area contributed by atoms with E-state index in [1.807, 2.05) is 36.4 Å². The summed E-state index contributed by atoms with van der Waals surface area (Å²) in [6, 6.07) is 14.8. The summed E-state index contributed by atoms with van der Waals surface area (Å²) in [5, 5.41) is 2.92. The minimum Gasteiger partial charge on any atom is -0.475 e. The zero-order valence-corrected chi connectivity index (χ0v) is 12.1. The fourth-order valence-electron chi connectivity index (χ4n) is 2.24. The Labute approximate surface area is 129 Å². The Morgan fingerprint density at radius 3 is 2.64 bits per heavy atom. The molecular formula is C18H16N2O2. The van der Waals surface area contributed by atoms with Gasteiger partial charge in [-0.05, 0) is 29.8 Å². The van der Waals surface area contributed by atoms with Gasteiger partial charge in [0, 0.05) is 5.56 Å². The molecule has 3 rings (SSSR count). The van der Waals surface area contributed by atoms with Gasteiger partial charge in [-0.2, -0.15) is 0 Å². The van der Waals surface area contributed by atoms with E-state index < -0.39 is 0 Å². The Hall–Kier alpha value is -2.88. The fourth-order valence-corrected chi connectivity index (χ4v) is 2.24. The number of nitrogens with zero attached hydrogens (tertiary/aromatic N) is 1. The maximum atomic E-state index is 12.4. The molecule has 0 bridgehead atoms. The van der Waals surface area contributed by atoms with E-state index in [2.05, 4.69) is 16.9 Å². The zero-order chi connectivity index (χ0) is 15.4. The number of aliphatic imine (C=N–C) groups is 1. The van der Waals surface area contributed by atoms with Gasteiger partial charge in [0.1, 0.15) is 6.61 Å². The molecule has 0 aromatic heterocycles. The number of benzene rings is 2. The Morgan fingerprint density at radius 2 is 1.95 bits per heavy atom. The summed E-state index contributed by atoms with van der Waals surface area (Å²) in [6.45, 7) is 4.94. The van der Waals surface area contributed by atoms with Crippen LogP contribution in [0.1, 0.15) is 21.5 Å². The van der Waals surface area contributed by atoms with Crippen molar-refractivity contribution in [1.29, 1.82) is 0 Å². The Balaban J connectivity index is 1.83. The van der Waals surface area contributed by atoms with Crippen LogP contribution in [-0.2, 0) is 4.74 Å². The minimum absolute atomic E-state index is 0.165. The summed E-state index contributed by atoms with van der Waals surface area (Å²) >= 11 is 0. The third-order valence-electron chi connectivity index (χ3n) is 3.40. The Kier molecular flexibility index (Phi) is 4.01. The van der Waals surface area contributed by atoms with Gasteiger partial charge in [0.05, 0.1) is 17.8 Å². The molecule has 2 aromatic rings. The molecule has 4 nitrogen and oxygen atoms in total. The molecule has 0 saturated heterocycles. The molecule has 0 atom stereocenters. The average Bonchev–Trinajstić information content (AvgIpc) is 3.10. The zero-order valence-electron chi connectivity index (χ0n) is 12.1. The first-order valence-corrected chi connectivity index (χ1v) is 7.08. The minimum atomic E-state index is -0.165. The van der Waals surface area contributed by atoms with Crippen LogP contribution in [0.3, 0.4) is 0 Å². The summed E-state index contributed by atoms with van der Waals surface area (Å²) in [5.41, 5.74) is 3.07. The highest BCUT2D eigenvalue weighted by molar-refractivity contribution is 6.09. The van der Waals surface area contributed by atoms with Crippen LogP contribution in [0.25, 0.3) is 6.08 Å². The highest BCUT2D eigenvalue weighted by Gasteiger charge is 2.16. The second-order valence-corrected chi connectivity index (χ2v) is 4.86. The van der Waals surface area contributed by atoms with Crippen molar-refractivity contribution in [1.82, 2.24) is 0 Å². The van der Waals surface area contributed by atoms with Crippen LogP contribution >= 0.6 is 0 Å². The van der Waals surface area contributed by atoms with Crippen molar-refractivity contribution in [2.75, 3.05) is 18.5 Å². The van der Waals surface area contributed by atoms with E-state index in [0.717, 1.165) is 11.1 Å². The highest BCUT2D eigenvalue weighted by Crippen LogP contribution is 2.19. The van der Waals surface area contributed by atoms with Crippen molar-refractivity contribution in [2.45, 2.75) is 0 Å². The van der Waals surface area contributed by atoms with Crippen LogP contribution in [0.5, 0.6) is 0 Å². The quantitative estimate of drug-likeness (QED) is 0.939. The van der Waals surface area contributed by atoms with Gasteiger partial charge in [0.25, 0.3) is 5.91 Å². The predicted octanol–water partition coefficient (Wildman–Crippen LogP) is 3.36. The van der Waals surface area contributed by atoms with Crippen LogP contribution in [0.15, 0.2) is 60.1 Å². The van der Waals surface area contributed by atoms with E-state index in [0.29, 0.717) is 30.3 Å². The lowest BCUT2D eigenvalue weighted by Gasteiger charge is -2.11. The van der Waals surface area contributed by atoms with Gasteiger partial charge < -0.3 is 10.1 Å². The molecule has 22 heavy (non-hydrogen) atoms. The van der Waals surface area contributed by atoms with Gasteiger partial charge >= 0.3 is 0 Å². The smallest absolute Gasteiger partial charge is 0.255 e. The number of carbonyl (C=O) groups is 1. The maximum Gasteiger partial charge on any atom is 0.255 e. The largest absolute Gasteiger partial charge is 0.475 e. The molecule has 0 spiro atoms. The van der Waals surface area contributed by atoms with E-state index in [1.165, 1.54) is 0 Å². The molecule has 0 unspecified atom stereocenters. The average molecular weight is 292 g/mol. The van der Waals surface area contributed by atoms with Crippen LogP contribution < -0.4 is 5.32 Å². The number of hydrogen-bond donors (Lipinski definition) is 1. The summed E-state index contributed by atoms with van der Waals surface area (Å²) in [5.74, 6) is 0.416. The number of para-hydroxylation sites is 1. The molecule has 0 radical (unpaired) electrons. The second-order valence-electron chi connectivity index (χ2n) is 4.86. The van der Waals surface area contributed by atoms with Crippen LogP contribution in [0, 0.1) is 0 Å². The van der Waals surface area contributed by atoms with Gasteiger partial charge in [-0.1, -0.05) is 36.9 Å². The fraction of sp³-hybridized carbons (Fsp3) is 0.111. The SMILES string of the molecule is C=Cc1ccc(C(=O)Nc2ccccc2C2=NCCO2)cc1. The molecule has 2 aromatic carbocycles. The lowest BCUT2D eigenvalue weighted by Crippen LogP contribution is -2.15. The molecular weight excluding hydrogens is 276 g/mol. The van der Waals surface area contributed by atoms with Crippen molar-refractivity contribution < 1.29 is 9.53 Å². The highest BCUT2D eigenvalue weighted by atomic mass is 16.5. The van der Waals surface area contributed by atoms with Crippen LogP contribution in [0.4, 0.5) is 5.69 Å². The second kappa shape index (κ2) is 6.26. The third-order valence-corrected chi connectivity index (χ3v) is 3.40. The number of carbonyl (C=O) groups excluding carboxylic acids is 1. The Morgan fingerprint density at radius 1 is 1.18 bits per heavy atom. The first kappa shape index (κ1) is 14.1. The van der Waals surface area contributed by atoms with Crippen LogP contribution in [-0.4, -0.2) is 25.0 Å². The lowest BCUT2D eigenvalue weighted by atomic mass is 10.1. The summed E-state index contributed by atoms with van der Waals surface area (Å²) < 4.78 is 5.48. The first-order valence-electron chi connectivity index (χ1n) is 7.08. The number of hydrogen-bond acceptors (Lipinski definition) is 3. The molecule has 1 aliphatic rings. The summed E-state index contributed by atoms with van der Waals surface area (Å²) in [6.07, 6.45) is 1.74. The standard InChI is InChI=1S/C18H16N2O2/c1-2-13-7-9-14(10-8-13)17(21)20-16-6-4-3-5-15(16)18-19-11-12-22-18/h2-10H,1,11-12H2,(H,20,21). The molecule has 0 saturated carbocycles. The van der Waals surface area contributed by atoms with Crippen molar-refractivity contribution in [2.24, 2.45) is 4.99 Å². The predicted molar refractivity (Wildman–Crippen MR) is 88.3 cm³/mol. The number of rotatable bonds is 4. The lowest BCUT2D eigenvalue weighted by molar-refractivity contribution is 0.102. The van der Waals surface area contributed by atoms with Crippen molar-refractivity contribution in [3.8, 4) is 0 Å². The van der Waals surface area contributed by atoms with E-state index in [-0.39, 0.29) is 5.91 Å². The normalized spacial score (nSPS) is 13.2. The molecule has 1 N–H and O–H groups in total. The molecule has 4 heteroatoms. The topological polar surface area (TPSA) is 50.7 Å². The van der Waals surface area contributed by atoms with Crippen LogP contribution in [0.2, 0.25) is 0 Å². The number of anilines is 1. The van der Waals surface area contributed by atoms with Gasteiger partial charge in [0.2, 0.25) is 5.90 Å². The molecule has 1 aliphatic heterocycles. The molecule has 0 aliphatic carbocycles. The molecule has 110 valence electrons. The number of amides is 1. The van der Waals surface area contributed by atoms with Crippen molar-refractivity contribution >= 4 is 23.6 Å². The van der Waals surface area contributed by atoms with E-state index >= 15 is 0 Å². The van der Waals surface area contributed by atoms with E-state index in [9.17, 15) is 4.79 Å². The van der Waals surface area contributed by atoms with Gasteiger partial charge in [-0.3, -0.25) is 4.79 Å². The first-order chi connectivity index (χ1) is 10.8. The number of ether oxygens (including phenoxy) is 1. The number of nitrogens with one attached hydrogen (secondary N) is 1. The van der Waals surface area contributed by atoms with Gasteiger partial charge in [-0.25, -0.2) is 4.99 Å². The van der Waals surface area contributed by atoms with Crippen molar-refractivity contribution in [3.05, 3.63) is 71.8 Å². The summed E-state index contributed by atoms with van der Waals surface area (Å²) in [7, 11) is 0. The van der Waals surface area contributed by atoms with Crippen molar-refractivity contribution in [3.63, 3.8) is 0 Å².